The maximum atomic E-state index is 12.3. The van der Waals surface area contributed by atoms with E-state index in [0.29, 0.717) is 23.5 Å². The molecule has 2 bridgehead atoms. The molecule has 2 N–H and O–H groups in total. The average molecular weight is 383 g/mol. The minimum absolute atomic E-state index is 0.227. The van der Waals surface area contributed by atoms with Gasteiger partial charge in [0.05, 0.1) is 31.5 Å². The summed E-state index contributed by atoms with van der Waals surface area (Å²) in [5.41, 5.74) is 2.36. The van der Waals surface area contributed by atoms with E-state index in [2.05, 4.69) is 15.5 Å². The van der Waals surface area contributed by atoms with Gasteiger partial charge in [0, 0.05) is 17.8 Å². The Balaban J connectivity index is 1.48. The van der Waals surface area contributed by atoms with Gasteiger partial charge in [-0.1, -0.05) is 18.2 Å². The predicted octanol–water partition coefficient (Wildman–Crippen LogP) is 2.80. The number of carbonyl (C=O) groups is 1. The topological polar surface area (TPSA) is 62.8 Å². The van der Waals surface area contributed by atoms with Crippen molar-refractivity contribution >= 4 is 34.6 Å². The molecule has 2 saturated heterocycles. The SMILES string of the molecule is COc1ccc(N2C[C@@H]3C[C@H]2CO3)cc1NC(=S)NC(=O)c1ccccc1. The van der Waals surface area contributed by atoms with E-state index in [-0.39, 0.29) is 11.0 Å². The first-order valence-electron chi connectivity index (χ1n) is 8.87. The number of amides is 1. The number of anilines is 2. The van der Waals surface area contributed by atoms with E-state index in [1.165, 1.54) is 0 Å². The Kier molecular flexibility index (Phi) is 4.96. The monoisotopic (exact) mass is 383 g/mol. The molecule has 0 aromatic heterocycles. The summed E-state index contributed by atoms with van der Waals surface area (Å²) in [6.07, 6.45) is 1.39. The molecule has 0 saturated carbocycles. The third-order valence-corrected chi connectivity index (χ3v) is 5.13. The molecule has 2 aliphatic rings. The molecular formula is C20H21N3O3S. The van der Waals surface area contributed by atoms with Crippen LogP contribution in [0.3, 0.4) is 0 Å². The van der Waals surface area contributed by atoms with Crippen molar-refractivity contribution in [1.82, 2.24) is 5.32 Å². The Hall–Kier alpha value is -2.64. The molecule has 2 aliphatic heterocycles. The molecule has 0 aliphatic carbocycles. The van der Waals surface area contributed by atoms with Gasteiger partial charge in [0.2, 0.25) is 0 Å². The second kappa shape index (κ2) is 7.54. The second-order valence-corrected chi connectivity index (χ2v) is 7.06. The lowest BCUT2D eigenvalue weighted by Crippen LogP contribution is -2.37. The van der Waals surface area contributed by atoms with E-state index in [1.54, 1.807) is 19.2 Å². The van der Waals surface area contributed by atoms with Crippen molar-refractivity contribution in [2.45, 2.75) is 18.6 Å². The highest BCUT2D eigenvalue weighted by molar-refractivity contribution is 7.80. The molecule has 140 valence electrons. The quantitative estimate of drug-likeness (QED) is 0.792. The van der Waals surface area contributed by atoms with E-state index < -0.39 is 0 Å². The number of hydrogen-bond donors (Lipinski definition) is 2. The fourth-order valence-corrected chi connectivity index (χ4v) is 3.81. The van der Waals surface area contributed by atoms with Crippen molar-refractivity contribution in [3.63, 3.8) is 0 Å². The van der Waals surface area contributed by atoms with Gasteiger partial charge >= 0.3 is 0 Å². The number of fused-ring (bicyclic) bond motifs is 2. The van der Waals surface area contributed by atoms with E-state index in [0.717, 1.165) is 30.9 Å². The molecular weight excluding hydrogens is 362 g/mol. The van der Waals surface area contributed by atoms with Gasteiger partial charge in [-0.05, 0) is 49.0 Å². The molecule has 2 heterocycles. The van der Waals surface area contributed by atoms with Crippen molar-refractivity contribution in [3.8, 4) is 5.75 Å². The number of hydrogen-bond acceptors (Lipinski definition) is 5. The predicted molar refractivity (Wildman–Crippen MR) is 109 cm³/mol. The van der Waals surface area contributed by atoms with Crippen LogP contribution in [0.2, 0.25) is 0 Å². The first-order valence-corrected chi connectivity index (χ1v) is 9.28. The van der Waals surface area contributed by atoms with Gasteiger partial charge in [0.25, 0.3) is 5.91 Å². The molecule has 1 amide bonds. The number of carbonyl (C=O) groups excluding carboxylic acids is 1. The number of thiocarbonyl (C=S) groups is 1. The maximum Gasteiger partial charge on any atom is 0.257 e. The van der Waals surface area contributed by atoms with E-state index in [1.807, 2.05) is 36.4 Å². The lowest BCUT2D eigenvalue weighted by Gasteiger charge is -2.29. The molecule has 0 radical (unpaired) electrons. The van der Waals surface area contributed by atoms with Crippen LogP contribution < -0.4 is 20.3 Å². The highest BCUT2D eigenvalue weighted by Gasteiger charge is 2.39. The number of morpholine rings is 1. The van der Waals surface area contributed by atoms with Gasteiger partial charge in [-0.25, -0.2) is 0 Å². The normalized spacial score (nSPS) is 20.4. The number of ether oxygens (including phenoxy) is 2. The summed E-state index contributed by atoms with van der Waals surface area (Å²) in [5.74, 6) is 0.410. The van der Waals surface area contributed by atoms with Crippen LogP contribution in [0.5, 0.6) is 5.75 Å². The number of nitrogens with one attached hydrogen (secondary N) is 2. The molecule has 2 aromatic carbocycles. The van der Waals surface area contributed by atoms with Crippen molar-refractivity contribution < 1.29 is 14.3 Å². The summed E-state index contributed by atoms with van der Waals surface area (Å²) in [6, 6.07) is 15.3. The first-order chi connectivity index (χ1) is 13.1. The van der Waals surface area contributed by atoms with E-state index in [4.69, 9.17) is 21.7 Å². The maximum absolute atomic E-state index is 12.3. The fourth-order valence-electron chi connectivity index (χ4n) is 3.61. The van der Waals surface area contributed by atoms with E-state index in [9.17, 15) is 4.79 Å². The average Bonchev–Trinajstić information content (AvgIpc) is 3.32. The molecule has 0 unspecified atom stereocenters. The molecule has 7 heteroatoms. The Labute approximate surface area is 163 Å². The van der Waals surface area contributed by atoms with Crippen LogP contribution in [-0.2, 0) is 4.74 Å². The molecule has 2 fully saturated rings. The van der Waals surface area contributed by atoms with Gasteiger partial charge in [-0.3, -0.25) is 10.1 Å². The van der Waals surface area contributed by atoms with Crippen LogP contribution in [0.15, 0.2) is 48.5 Å². The summed E-state index contributed by atoms with van der Waals surface area (Å²) in [5, 5.41) is 6.02. The summed E-state index contributed by atoms with van der Waals surface area (Å²) in [7, 11) is 1.61. The van der Waals surface area contributed by atoms with Crippen LogP contribution in [0, 0.1) is 0 Å². The smallest absolute Gasteiger partial charge is 0.257 e. The zero-order valence-electron chi connectivity index (χ0n) is 15.0. The first kappa shape index (κ1) is 17.8. The van der Waals surface area contributed by atoms with Gasteiger partial charge < -0.3 is 19.7 Å². The molecule has 6 nitrogen and oxygen atoms in total. The Morgan fingerprint density at radius 1 is 1.26 bits per heavy atom. The van der Waals surface area contributed by atoms with Gasteiger partial charge in [0.15, 0.2) is 5.11 Å². The van der Waals surface area contributed by atoms with Gasteiger partial charge in [-0.15, -0.1) is 0 Å². The number of methoxy groups -OCH3 is 1. The summed E-state index contributed by atoms with van der Waals surface area (Å²) < 4.78 is 11.1. The fraction of sp³-hybridized carbons (Fsp3) is 0.300. The van der Waals surface area contributed by atoms with Crippen LogP contribution >= 0.6 is 12.2 Å². The van der Waals surface area contributed by atoms with Crippen LogP contribution in [-0.4, -0.2) is 43.4 Å². The van der Waals surface area contributed by atoms with Crippen LogP contribution in [0.25, 0.3) is 0 Å². The lowest BCUT2D eigenvalue weighted by molar-refractivity contribution is 0.0977. The third-order valence-electron chi connectivity index (χ3n) is 4.93. The molecule has 2 atom stereocenters. The summed E-state index contributed by atoms with van der Waals surface area (Å²) in [6.45, 7) is 1.66. The number of benzene rings is 2. The zero-order chi connectivity index (χ0) is 18.8. The minimum Gasteiger partial charge on any atom is -0.495 e. The Morgan fingerprint density at radius 2 is 2.07 bits per heavy atom. The molecule has 27 heavy (non-hydrogen) atoms. The largest absolute Gasteiger partial charge is 0.495 e. The van der Waals surface area contributed by atoms with Crippen molar-refractivity contribution in [2.24, 2.45) is 0 Å². The van der Waals surface area contributed by atoms with Crippen LogP contribution in [0.1, 0.15) is 16.8 Å². The lowest BCUT2D eigenvalue weighted by atomic mass is 10.2. The van der Waals surface area contributed by atoms with Crippen molar-refractivity contribution in [2.75, 3.05) is 30.5 Å². The number of rotatable bonds is 4. The highest BCUT2D eigenvalue weighted by atomic mass is 32.1. The van der Waals surface area contributed by atoms with Gasteiger partial charge in [0.1, 0.15) is 5.75 Å². The van der Waals surface area contributed by atoms with E-state index >= 15 is 0 Å². The standard InChI is InChI=1S/C20H21N3O3S/c1-25-18-8-7-14(23-11-16-9-15(23)12-26-16)10-17(18)21-20(27)22-19(24)13-5-3-2-4-6-13/h2-8,10,15-16H,9,11-12H2,1H3,(H2,21,22,24,27)/t15-,16-/m0/s1. The Morgan fingerprint density at radius 3 is 2.74 bits per heavy atom. The minimum atomic E-state index is -0.253. The van der Waals surface area contributed by atoms with Crippen molar-refractivity contribution in [1.29, 1.82) is 0 Å². The van der Waals surface area contributed by atoms with Gasteiger partial charge in [-0.2, -0.15) is 0 Å². The van der Waals surface area contributed by atoms with Crippen LogP contribution in [0.4, 0.5) is 11.4 Å². The summed E-state index contributed by atoms with van der Waals surface area (Å²) >= 11 is 5.32. The Bertz CT molecular complexity index is 859. The van der Waals surface area contributed by atoms with Crippen molar-refractivity contribution in [3.05, 3.63) is 54.1 Å². The molecule has 0 spiro atoms. The summed E-state index contributed by atoms with van der Waals surface area (Å²) in [4.78, 5) is 14.6. The third kappa shape index (κ3) is 3.74. The highest BCUT2D eigenvalue weighted by Crippen LogP contribution is 2.36. The second-order valence-electron chi connectivity index (χ2n) is 6.66. The zero-order valence-corrected chi connectivity index (χ0v) is 15.8. The number of nitrogens with zero attached hydrogens (tertiary/aromatic N) is 1. The molecule has 2 aromatic rings. The molecule has 4 rings (SSSR count).